The van der Waals surface area contributed by atoms with Crippen LogP contribution in [0.15, 0.2) is 12.2 Å². The van der Waals surface area contributed by atoms with E-state index in [9.17, 15) is 4.79 Å². The molecule has 0 radical (unpaired) electrons. The number of esters is 1. The molecule has 0 saturated carbocycles. The Morgan fingerprint density at radius 3 is 3.00 bits per heavy atom. The van der Waals surface area contributed by atoms with Gasteiger partial charge in [0.05, 0.1) is 6.10 Å². The van der Waals surface area contributed by atoms with Gasteiger partial charge in [-0.25, -0.2) is 4.79 Å². The van der Waals surface area contributed by atoms with Crippen LogP contribution >= 0.6 is 0 Å². The van der Waals surface area contributed by atoms with Crippen LogP contribution in [-0.4, -0.2) is 23.3 Å². The second kappa shape index (κ2) is 3.72. The lowest BCUT2D eigenvalue weighted by atomic mass is 9.97. The number of aliphatic hydroxyl groups excluding tert-OH is 1. The van der Waals surface area contributed by atoms with E-state index in [-0.39, 0.29) is 18.0 Å². The summed E-state index contributed by atoms with van der Waals surface area (Å²) in [4.78, 5) is 10.8. The van der Waals surface area contributed by atoms with Crippen molar-refractivity contribution in [3.8, 4) is 0 Å². The molecule has 0 amide bonds. The summed E-state index contributed by atoms with van der Waals surface area (Å²) < 4.78 is 5.02. The third kappa shape index (κ3) is 2.34. The van der Waals surface area contributed by atoms with E-state index in [1.807, 2.05) is 13.0 Å². The molecule has 1 N–H and O–H groups in total. The fraction of sp³-hybridized carbons (Fsp3) is 0.667. The van der Waals surface area contributed by atoms with Crippen molar-refractivity contribution in [2.24, 2.45) is 5.92 Å². The average Bonchev–Trinajstić information content (AvgIpc) is 1.96. The van der Waals surface area contributed by atoms with Crippen molar-refractivity contribution in [3.05, 3.63) is 12.2 Å². The number of ether oxygens (including phenoxy) is 1. The third-order valence-electron chi connectivity index (χ3n) is 1.96. The lowest BCUT2D eigenvalue weighted by molar-refractivity contribution is -0.147. The quantitative estimate of drug-likeness (QED) is 0.625. The molecule has 0 fully saturated rings. The van der Waals surface area contributed by atoms with Gasteiger partial charge in [-0.1, -0.05) is 13.0 Å². The molecule has 3 atom stereocenters. The molecule has 0 spiro atoms. The highest BCUT2D eigenvalue weighted by atomic mass is 16.5. The van der Waals surface area contributed by atoms with Crippen molar-refractivity contribution in [2.45, 2.75) is 32.5 Å². The van der Waals surface area contributed by atoms with E-state index in [1.54, 1.807) is 6.92 Å². The molecule has 68 valence electrons. The molecule has 0 bridgehead atoms. The number of hydrogen-bond donors (Lipinski definition) is 1. The first-order chi connectivity index (χ1) is 5.59. The van der Waals surface area contributed by atoms with Gasteiger partial charge in [-0.15, -0.1) is 0 Å². The van der Waals surface area contributed by atoms with E-state index in [2.05, 4.69) is 0 Å². The molecular weight excluding hydrogens is 156 g/mol. The van der Waals surface area contributed by atoms with Crippen molar-refractivity contribution in [1.29, 1.82) is 0 Å². The maximum atomic E-state index is 10.8. The molecule has 0 aromatic heterocycles. The van der Waals surface area contributed by atoms with Gasteiger partial charge in [0.1, 0.15) is 6.10 Å². The van der Waals surface area contributed by atoms with Gasteiger partial charge in [0, 0.05) is 18.4 Å². The molecule has 3 nitrogen and oxygen atoms in total. The number of aliphatic hydroxyl groups is 1. The van der Waals surface area contributed by atoms with E-state index in [0.29, 0.717) is 6.42 Å². The van der Waals surface area contributed by atoms with E-state index >= 15 is 0 Å². The second-order valence-corrected chi connectivity index (χ2v) is 3.28. The molecule has 0 aliphatic carbocycles. The largest absolute Gasteiger partial charge is 0.459 e. The number of carbonyl (C=O) groups is 1. The number of cyclic esters (lactones) is 1. The number of rotatable bonds is 2. The summed E-state index contributed by atoms with van der Waals surface area (Å²) in [6.07, 6.45) is 3.18. The first-order valence-electron chi connectivity index (χ1n) is 4.16. The Morgan fingerprint density at radius 2 is 2.42 bits per heavy atom. The first kappa shape index (κ1) is 9.26. The molecule has 3 unspecified atom stereocenters. The highest BCUT2D eigenvalue weighted by molar-refractivity contribution is 5.82. The van der Waals surface area contributed by atoms with Crippen LogP contribution in [0.25, 0.3) is 0 Å². The summed E-state index contributed by atoms with van der Waals surface area (Å²) >= 11 is 0. The van der Waals surface area contributed by atoms with Crippen LogP contribution in [-0.2, 0) is 9.53 Å². The van der Waals surface area contributed by atoms with Crippen LogP contribution in [0.4, 0.5) is 0 Å². The molecule has 0 saturated heterocycles. The summed E-state index contributed by atoms with van der Waals surface area (Å²) in [5.74, 6) is -0.101. The van der Waals surface area contributed by atoms with Crippen LogP contribution in [0.3, 0.4) is 0 Å². The van der Waals surface area contributed by atoms with Gasteiger partial charge in [-0.3, -0.25) is 0 Å². The lowest BCUT2D eigenvalue weighted by Gasteiger charge is -2.25. The van der Waals surface area contributed by atoms with Crippen LogP contribution in [0.5, 0.6) is 0 Å². The minimum atomic E-state index is -0.420. The third-order valence-corrected chi connectivity index (χ3v) is 1.96. The maximum Gasteiger partial charge on any atom is 0.330 e. The van der Waals surface area contributed by atoms with Gasteiger partial charge < -0.3 is 9.84 Å². The normalized spacial score (nSPS) is 31.4. The van der Waals surface area contributed by atoms with Crippen molar-refractivity contribution in [3.63, 3.8) is 0 Å². The van der Waals surface area contributed by atoms with Crippen molar-refractivity contribution in [1.82, 2.24) is 0 Å². The molecule has 1 aliphatic heterocycles. The van der Waals surface area contributed by atoms with Gasteiger partial charge in [-0.05, 0) is 6.92 Å². The van der Waals surface area contributed by atoms with Gasteiger partial charge in [0.15, 0.2) is 0 Å². The van der Waals surface area contributed by atoms with E-state index in [1.165, 1.54) is 6.08 Å². The molecule has 1 heterocycles. The minimum absolute atomic E-state index is 0.164. The molecular formula is C9H14O3. The number of hydrogen-bond acceptors (Lipinski definition) is 3. The zero-order valence-electron chi connectivity index (χ0n) is 7.36. The Bertz CT molecular complexity index is 196. The topological polar surface area (TPSA) is 46.5 Å². The summed E-state index contributed by atoms with van der Waals surface area (Å²) in [6, 6.07) is 0. The predicted octanol–water partition coefficient (Wildman–Crippen LogP) is 0.875. The van der Waals surface area contributed by atoms with E-state index < -0.39 is 6.10 Å². The maximum absolute atomic E-state index is 10.8. The standard InChI is InChI=1S/C9H14O3/c1-6-3-4-9(11)12-8(6)5-7(2)10/h3-4,6-8,10H,5H2,1-2H3. The zero-order valence-corrected chi connectivity index (χ0v) is 7.36. The first-order valence-corrected chi connectivity index (χ1v) is 4.16. The Morgan fingerprint density at radius 1 is 1.75 bits per heavy atom. The molecule has 0 aromatic rings. The van der Waals surface area contributed by atoms with Gasteiger partial charge in [0.25, 0.3) is 0 Å². The van der Waals surface area contributed by atoms with Crippen molar-refractivity contribution < 1.29 is 14.6 Å². The molecule has 1 rings (SSSR count). The summed E-state index contributed by atoms with van der Waals surface area (Å²) in [5, 5.41) is 9.09. The molecule has 0 aromatic carbocycles. The van der Waals surface area contributed by atoms with E-state index in [4.69, 9.17) is 9.84 Å². The van der Waals surface area contributed by atoms with Gasteiger partial charge >= 0.3 is 5.97 Å². The highest BCUT2D eigenvalue weighted by Crippen LogP contribution is 2.19. The predicted molar refractivity (Wildman–Crippen MR) is 44.5 cm³/mol. The van der Waals surface area contributed by atoms with Gasteiger partial charge in [-0.2, -0.15) is 0 Å². The second-order valence-electron chi connectivity index (χ2n) is 3.28. The Hall–Kier alpha value is -0.830. The fourth-order valence-electron chi connectivity index (χ4n) is 1.25. The van der Waals surface area contributed by atoms with Crippen LogP contribution in [0, 0.1) is 5.92 Å². The lowest BCUT2D eigenvalue weighted by Crippen LogP contribution is -2.30. The SMILES string of the molecule is CC(O)CC1OC(=O)C=CC1C. The van der Waals surface area contributed by atoms with Gasteiger partial charge in [0.2, 0.25) is 0 Å². The van der Waals surface area contributed by atoms with Crippen molar-refractivity contribution in [2.75, 3.05) is 0 Å². The molecule has 3 heteroatoms. The fourth-order valence-corrected chi connectivity index (χ4v) is 1.25. The number of carbonyl (C=O) groups excluding carboxylic acids is 1. The Kier molecular flexibility index (Phi) is 2.87. The summed E-state index contributed by atoms with van der Waals surface area (Å²) in [6.45, 7) is 3.66. The monoisotopic (exact) mass is 170 g/mol. The molecule has 1 aliphatic rings. The molecule has 12 heavy (non-hydrogen) atoms. The van der Waals surface area contributed by atoms with Crippen LogP contribution in [0.2, 0.25) is 0 Å². The summed E-state index contributed by atoms with van der Waals surface area (Å²) in [5.41, 5.74) is 0. The Balaban J connectivity index is 2.54. The smallest absolute Gasteiger partial charge is 0.330 e. The van der Waals surface area contributed by atoms with Crippen molar-refractivity contribution >= 4 is 5.97 Å². The summed E-state index contributed by atoms with van der Waals surface area (Å²) in [7, 11) is 0. The van der Waals surface area contributed by atoms with E-state index in [0.717, 1.165) is 0 Å². The Labute approximate surface area is 72.0 Å². The zero-order chi connectivity index (χ0) is 9.14. The average molecular weight is 170 g/mol. The van der Waals surface area contributed by atoms with Crippen LogP contribution < -0.4 is 0 Å². The highest BCUT2D eigenvalue weighted by Gasteiger charge is 2.24. The van der Waals surface area contributed by atoms with Crippen LogP contribution in [0.1, 0.15) is 20.3 Å². The minimum Gasteiger partial charge on any atom is -0.459 e.